The van der Waals surface area contributed by atoms with Crippen molar-refractivity contribution in [2.45, 2.75) is 18.5 Å². The van der Waals surface area contributed by atoms with Crippen LogP contribution in [0, 0.1) is 6.92 Å². The smallest absolute Gasteiger partial charge is 0.123 e. The van der Waals surface area contributed by atoms with Crippen LogP contribution in [-0.2, 0) is 6.54 Å². The van der Waals surface area contributed by atoms with Crippen LogP contribution in [0.4, 0.5) is 5.82 Å². The first-order chi connectivity index (χ1) is 7.69. The molecule has 0 amide bonds. The van der Waals surface area contributed by atoms with E-state index in [1.165, 1.54) is 11.1 Å². The third-order valence-corrected chi connectivity index (χ3v) is 3.07. The highest BCUT2D eigenvalue weighted by atomic mass is 32.2. The van der Waals surface area contributed by atoms with Crippen molar-refractivity contribution in [1.29, 1.82) is 0 Å². The molecule has 0 saturated carbocycles. The highest BCUT2D eigenvalue weighted by Crippen LogP contribution is 2.17. The summed E-state index contributed by atoms with van der Waals surface area (Å²) >= 11 is 1.60. The van der Waals surface area contributed by atoms with Crippen LogP contribution in [0.15, 0.2) is 35.4 Å². The second kappa shape index (κ2) is 4.61. The van der Waals surface area contributed by atoms with E-state index in [1.54, 1.807) is 11.8 Å². The molecule has 0 spiro atoms. The average Bonchev–Trinajstić information content (AvgIpc) is 2.63. The van der Waals surface area contributed by atoms with Gasteiger partial charge in [0.2, 0.25) is 0 Å². The Labute approximate surface area is 99.7 Å². The Bertz CT molecular complexity index is 474. The van der Waals surface area contributed by atoms with Crippen LogP contribution in [0.2, 0.25) is 0 Å². The highest BCUT2D eigenvalue weighted by molar-refractivity contribution is 7.98. The van der Waals surface area contributed by atoms with Crippen molar-refractivity contribution in [3.63, 3.8) is 0 Å². The number of hydrogen-bond donors (Lipinski definition) is 1. The number of nitrogens with two attached hydrogens (primary N) is 1. The third-order valence-electron chi connectivity index (χ3n) is 2.45. The zero-order valence-electron chi connectivity index (χ0n) is 9.47. The molecule has 0 aliphatic rings. The van der Waals surface area contributed by atoms with Crippen LogP contribution in [-0.4, -0.2) is 16.0 Å². The van der Waals surface area contributed by atoms with Gasteiger partial charge in [0.1, 0.15) is 10.8 Å². The molecule has 4 heteroatoms. The Morgan fingerprint density at radius 3 is 2.56 bits per heavy atom. The van der Waals surface area contributed by atoms with Crippen molar-refractivity contribution in [2.75, 3.05) is 12.0 Å². The largest absolute Gasteiger partial charge is 0.384 e. The molecule has 2 aromatic rings. The van der Waals surface area contributed by atoms with Crippen LogP contribution >= 0.6 is 11.8 Å². The summed E-state index contributed by atoms with van der Waals surface area (Å²) in [6.07, 6.45) is 2.00. The summed E-state index contributed by atoms with van der Waals surface area (Å²) in [6.45, 7) is 2.81. The summed E-state index contributed by atoms with van der Waals surface area (Å²) in [4.78, 5) is 0. The maximum absolute atomic E-state index is 5.88. The van der Waals surface area contributed by atoms with E-state index in [-0.39, 0.29) is 0 Å². The van der Waals surface area contributed by atoms with Gasteiger partial charge in [-0.2, -0.15) is 5.10 Å². The van der Waals surface area contributed by atoms with E-state index < -0.39 is 0 Å². The lowest BCUT2D eigenvalue weighted by molar-refractivity contribution is 0.675. The van der Waals surface area contributed by atoms with Crippen LogP contribution in [0.5, 0.6) is 0 Å². The van der Waals surface area contributed by atoms with Gasteiger partial charge >= 0.3 is 0 Å². The molecule has 0 radical (unpaired) electrons. The van der Waals surface area contributed by atoms with Gasteiger partial charge in [-0.05, 0) is 18.7 Å². The molecular formula is C12H15N3S. The lowest BCUT2D eigenvalue weighted by Gasteiger charge is -2.04. The van der Waals surface area contributed by atoms with Crippen LogP contribution in [0.1, 0.15) is 11.1 Å². The zero-order valence-corrected chi connectivity index (χ0v) is 10.3. The minimum Gasteiger partial charge on any atom is -0.384 e. The summed E-state index contributed by atoms with van der Waals surface area (Å²) < 4.78 is 1.83. The van der Waals surface area contributed by atoms with Gasteiger partial charge in [0.25, 0.3) is 0 Å². The van der Waals surface area contributed by atoms with Gasteiger partial charge < -0.3 is 5.73 Å². The van der Waals surface area contributed by atoms with Crippen molar-refractivity contribution >= 4 is 17.6 Å². The molecule has 1 aromatic heterocycles. The van der Waals surface area contributed by atoms with Crippen LogP contribution in [0.3, 0.4) is 0 Å². The molecule has 0 saturated heterocycles. The molecule has 2 rings (SSSR count). The van der Waals surface area contributed by atoms with Crippen molar-refractivity contribution in [1.82, 2.24) is 9.78 Å². The summed E-state index contributed by atoms with van der Waals surface area (Å²) in [5, 5.41) is 5.36. The predicted octanol–water partition coefficient (Wildman–Crippen LogP) is 2.54. The molecule has 1 aromatic carbocycles. The molecule has 0 aliphatic carbocycles. The van der Waals surface area contributed by atoms with Gasteiger partial charge in [-0.1, -0.05) is 29.8 Å². The van der Waals surface area contributed by atoms with Crippen LogP contribution in [0.25, 0.3) is 0 Å². The third kappa shape index (κ3) is 2.39. The van der Waals surface area contributed by atoms with E-state index in [4.69, 9.17) is 5.73 Å². The normalized spacial score (nSPS) is 10.6. The molecular weight excluding hydrogens is 218 g/mol. The van der Waals surface area contributed by atoms with E-state index in [0.29, 0.717) is 5.82 Å². The van der Waals surface area contributed by atoms with Gasteiger partial charge in [-0.15, -0.1) is 11.8 Å². The van der Waals surface area contributed by atoms with E-state index in [0.717, 1.165) is 11.6 Å². The number of rotatable bonds is 3. The highest BCUT2D eigenvalue weighted by Gasteiger charge is 2.04. The minimum atomic E-state index is 0.713. The monoisotopic (exact) mass is 233 g/mol. The molecule has 3 nitrogen and oxygen atoms in total. The van der Waals surface area contributed by atoms with Gasteiger partial charge in [0.15, 0.2) is 0 Å². The topological polar surface area (TPSA) is 43.8 Å². The number of thioether (sulfide) groups is 1. The van der Waals surface area contributed by atoms with E-state index in [9.17, 15) is 0 Å². The maximum atomic E-state index is 5.88. The zero-order chi connectivity index (χ0) is 11.5. The Balaban J connectivity index is 2.19. The number of aromatic nitrogens is 2. The quantitative estimate of drug-likeness (QED) is 0.829. The van der Waals surface area contributed by atoms with Crippen molar-refractivity contribution in [3.8, 4) is 0 Å². The van der Waals surface area contributed by atoms with E-state index in [2.05, 4.69) is 36.3 Å². The Kier molecular flexibility index (Phi) is 3.19. The SMILES string of the molecule is CSc1cc(N)n(Cc2ccc(C)cc2)n1. The number of aryl methyl sites for hydroxylation is 1. The summed E-state index contributed by atoms with van der Waals surface area (Å²) in [5.41, 5.74) is 8.36. The summed E-state index contributed by atoms with van der Waals surface area (Å²) in [6, 6.07) is 10.3. The van der Waals surface area contributed by atoms with Gasteiger partial charge in [-0.25, -0.2) is 4.68 Å². The van der Waals surface area contributed by atoms with Crippen molar-refractivity contribution in [2.24, 2.45) is 0 Å². The number of nitrogen functional groups attached to an aromatic ring is 1. The fraction of sp³-hybridized carbons (Fsp3) is 0.250. The number of benzene rings is 1. The molecule has 0 fully saturated rings. The molecule has 0 bridgehead atoms. The Morgan fingerprint density at radius 2 is 2.00 bits per heavy atom. The molecule has 16 heavy (non-hydrogen) atoms. The Morgan fingerprint density at radius 1 is 1.31 bits per heavy atom. The average molecular weight is 233 g/mol. The summed E-state index contributed by atoms with van der Waals surface area (Å²) in [5.74, 6) is 0.713. The molecule has 0 aliphatic heterocycles. The van der Waals surface area contributed by atoms with Gasteiger partial charge in [-0.3, -0.25) is 0 Å². The lowest BCUT2D eigenvalue weighted by atomic mass is 10.1. The molecule has 0 unspecified atom stereocenters. The first kappa shape index (κ1) is 11.1. The minimum absolute atomic E-state index is 0.713. The molecule has 1 heterocycles. The molecule has 84 valence electrons. The first-order valence-electron chi connectivity index (χ1n) is 5.12. The van der Waals surface area contributed by atoms with E-state index >= 15 is 0 Å². The Hall–Kier alpha value is -1.42. The predicted molar refractivity (Wildman–Crippen MR) is 68.7 cm³/mol. The fourth-order valence-electron chi connectivity index (χ4n) is 1.50. The standard InChI is InChI=1S/C12H15N3S/c1-9-3-5-10(6-4-9)8-15-11(13)7-12(14-15)16-2/h3-7H,8,13H2,1-2H3. The molecule has 2 N–H and O–H groups in total. The number of hydrogen-bond acceptors (Lipinski definition) is 3. The van der Waals surface area contributed by atoms with E-state index in [1.807, 2.05) is 17.0 Å². The van der Waals surface area contributed by atoms with Crippen molar-refractivity contribution in [3.05, 3.63) is 41.5 Å². The number of nitrogens with zero attached hydrogens (tertiary/aromatic N) is 2. The fourth-order valence-corrected chi connectivity index (χ4v) is 1.92. The van der Waals surface area contributed by atoms with Gasteiger partial charge in [0, 0.05) is 6.07 Å². The maximum Gasteiger partial charge on any atom is 0.123 e. The van der Waals surface area contributed by atoms with Crippen molar-refractivity contribution < 1.29 is 0 Å². The van der Waals surface area contributed by atoms with Crippen LogP contribution < -0.4 is 5.73 Å². The second-order valence-corrected chi connectivity index (χ2v) is 4.58. The first-order valence-corrected chi connectivity index (χ1v) is 6.34. The second-order valence-electron chi connectivity index (χ2n) is 3.75. The summed E-state index contributed by atoms with van der Waals surface area (Å²) in [7, 11) is 0. The molecule has 0 atom stereocenters. The lowest BCUT2D eigenvalue weighted by Crippen LogP contribution is -2.05. The number of anilines is 1. The van der Waals surface area contributed by atoms with Gasteiger partial charge in [0.05, 0.1) is 6.54 Å².